The predicted octanol–water partition coefficient (Wildman–Crippen LogP) is 2.80. The maximum absolute atomic E-state index is 12.6. The van der Waals surface area contributed by atoms with Crippen LogP contribution in [0.1, 0.15) is 30.0 Å². The lowest BCUT2D eigenvalue weighted by Gasteiger charge is -2.17. The molecule has 0 aromatic carbocycles. The maximum atomic E-state index is 12.6. The molecule has 2 heterocycles. The smallest absolute Gasteiger partial charge is 0.356 e. The Morgan fingerprint density at radius 2 is 2.00 bits per heavy atom. The zero-order valence-electron chi connectivity index (χ0n) is 11.9. The van der Waals surface area contributed by atoms with Crippen molar-refractivity contribution in [3.05, 3.63) is 35.8 Å². The minimum atomic E-state index is -3.26. The molecule has 0 atom stereocenters. The number of carboxylic acid groups (broad SMARTS) is 1. The van der Waals surface area contributed by atoms with E-state index in [0.29, 0.717) is 11.3 Å². The Balaban J connectivity index is 2.41. The molecule has 7 nitrogen and oxygen atoms in total. The van der Waals surface area contributed by atoms with Gasteiger partial charge in [-0.2, -0.15) is 0 Å². The molecule has 2 aromatic heterocycles. The second-order valence-corrected chi connectivity index (χ2v) is 6.34. The van der Waals surface area contributed by atoms with Crippen molar-refractivity contribution in [2.75, 3.05) is 13.2 Å². The van der Waals surface area contributed by atoms with E-state index in [1.165, 1.54) is 6.20 Å². The Labute approximate surface area is 122 Å². The largest absolute Gasteiger partial charge is 0.476 e. The van der Waals surface area contributed by atoms with Gasteiger partial charge in [0.1, 0.15) is 5.65 Å². The predicted molar refractivity (Wildman–Crippen MR) is 76.7 cm³/mol. The molecule has 8 heteroatoms. The first kappa shape index (κ1) is 15.7. The van der Waals surface area contributed by atoms with Gasteiger partial charge in [-0.25, -0.2) is 9.78 Å². The summed E-state index contributed by atoms with van der Waals surface area (Å²) in [4.78, 5) is 15.0. The molecule has 1 N–H and O–H groups in total. The molecule has 0 aliphatic rings. The summed E-state index contributed by atoms with van der Waals surface area (Å²) in [7, 11) is -3.26. The lowest BCUT2D eigenvalue weighted by atomic mass is 10.4. The second kappa shape index (κ2) is 6.39. The van der Waals surface area contributed by atoms with E-state index in [4.69, 9.17) is 14.2 Å². The van der Waals surface area contributed by atoms with E-state index in [9.17, 15) is 9.36 Å². The summed E-state index contributed by atoms with van der Waals surface area (Å²) in [5.41, 5.74) is 1.03. The van der Waals surface area contributed by atoms with Gasteiger partial charge in [0.25, 0.3) is 0 Å². The lowest BCUT2D eigenvalue weighted by Crippen LogP contribution is -2.02. The van der Waals surface area contributed by atoms with Gasteiger partial charge in [0.05, 0.1) is 19.4 Å². The first-order valence-electron chi connectivity index (χ1n) is 6.57. The van der Waals surface area contributed by atoms with Crippen molar-refractivity contribution in [2.24, 2.45) is 0 Å². The van der Waals surface area contributed by atoms with Crippen molar-refractivity contribution in [3.63, 3.8) is 0 Å². The average Bonchev–Trinajstić information content (AvgIpc) is 2.84. The number of fused-ring (bicyclic) bond motifs is 1. The van der Waals surface area contributed by atoms with Gasteiger partial charge in [0, 0.05) is 11.9 Å². The molecule has 0 saturated heterocycles. The van der Waals surface area contributed by atoms with E-state index in [-0.39, 0.29) is 25.1 Å². The van der Waals surface area contributed by atoms with Gasteiger partial charge in [-0.15, -0.1) is 0 Å². The summed E-state index contributed by atoms with van der Waals surface area (Å²) in [5, 5.41) is 9.00. The third-order valence-corrected chi connectivity index (χ3v) is 4.82. The number of rotatable bonds is 7. The third-order valence-electron chi connectivity index (χ3n) is 2.80. The summed E-state index contributed by atoms with van der Waals surface area (Å²) < 4.78 is 24.7. The standard InChI is InChI=1S/C13H17N2O5P/c1-3-19-21(18,20-4-2)9-10-6-5-7-12-14-11(13(16)17)8-15(10)12/h5-8H,3-4,9H2,1-2H3,(H,16,17). The van der Waals surface area contributed by atoms with E-state index in [1.54, 1.807) is 36.4 Å². The number of aromatic carboxylic acids is 1. The van der Waals surface area contributed by atoms with E-state index in [1.807, 2.05) is 0 Å². The van der Waals surface area contributed by atoms with Crippen LogP contribution in [-0.4, -0.2) is 33.7 Å². The molecular formula is C13H17N2O5P. The van der Waals surface area contributed by atoms with Gasteiger partial charge in [-0.3, -0.25) is 4.57 Å². The molecule has 114 valence electrons. The summed E-state index contributed by atoms with van der Waals surface area (Å²) in [6, 6.07) is 5.15. The van der Waals surface area contributed by atoms with Crippen molar-refractivity contribution < 1.29 is 23.5 Å². The number of nitrogens with zero attached hydrogens (tertiary/aromatic N) is 2. The number of imidazole rings is 1. The van der Waals surface area contributed by atoms with Gasteiger partial charge >= 0.3 is 13.6 Å². The quantitative estimate of drug-likeness (QED) is 0.791. The summed E-state index contributed by atoms with van der Waals surface area (Å²) in [5.74, 6) is -1.11. The van der Waals surface area contributed by atoms with E-state index in [0.717, 1.165) is 0 Å². The van der Waals surface area contributed by atoms with E-state index >= 15 is 0 Å². The summed E-state index contributed by atoms with van der Waals surface area (Å²) in [6.07, 6.45) is 1.46. The van der Waals surface area contributed by atoms with Crippen molar-refractivity contribution >= 4 is 19.2 Å². The number of carboxylic acids is 1. The van der Waals surface area contributed by atoms with Crippen LogP contribution in [0.15, 0.2) is 24.4 Å². The zero-order valence-corrected chi connectivity index (χ0v) is 12.7. The first-order valence-corrected chi connectivity index (χ1v) is 8.30. The highest BCUT2D eigenvalue weighted by molar-refractivity contribution is 7.53. The van der Waals surface area contributed by atoms with Gasteiger partial charge in [-0.05, 0) is 26.0 Å². The molecule has 0 aliphatic heterocycles. The Hall–Kier alpha value is -1.69. The highest BCUT2D eigenvalue weighted by Crippen LogP contribution is 2.51. The molecule has 0 spiro atoms. The molecule has 0 fully saturated rings. The fraction of sp³-hybridized carbons (Fsp3) is 0.385. The highest BCUT2D eigenvalue weighted by Gasteiger charge is 2.25. The molecule has 0 radical (unpaired) electrons. The van der Waals surface area contributed by atoms with Gasteiger partial charge < -0.3 is 18.6 Å². The molecular weight excluding hydrogens is 295 g/mol. The molecule has 0 amide bonds. The highest BCUT2D eigenvalue weighted by atomic mass is 31.2. The van der Waals surface area contributed by atoms with Crippen LogP contribution < -0.4 is 0 Å². The minimum Gasteiger partial charge on any atom is -0.476 e. The Morgan fingerprint density at radius 3 is 2.57 bits per heavy atom. The van der Waals surface area contributed by atoms with Crippen LogP contribution >= 0.6 is 7.60 Å². The van der Waals surface area contributed by atoms with Crippen LogP contribution in [0, 0.1) is 0 Å². The zero-order chi connectivity index (χ0) is 15.5. The Kier molecular flexibility index (Phi) is 4.77. The van der Waals surface area contributed by atoms with Crippen LogP contribution in [0.25, 0.3) is 5.65 Å². The van der Waals surface area contributed by atoms with Gasteiger partial charge in [0.2, 0.25) is 0 Å². The van der Waals surface area contributed by atoms with E-state index < -0.39 is 13.6 Å². The minimum absolute atomic E-state index is 0.0570. The van der Waals surface area contributed by atoms with Gasteiger partial charge in [0.15, 0.2) is 5.69 Å². The summed E-state index contributed by atoms with van der Waals surface area (Å²) in [6.45, 7) is 4.03. The van der Waals surface area contributed by atoms with Crippen molar-refractivity contribution in [1.82, 2.24) is 9.38 Å². The van der Waals surface area contributed by atoms with E-state index in [2.05, 4.69) is 4.98 Å². The number of pyridine rings is 1. The number of hydrogen-bond donors (Lipinski definition) is 1. The number of hydrogen-bond acceptors (Lipinski definition) is 5. The lowest BCUT2D eigenvalue weighted by molar-refractivity contribution is 0.0691. The molecule has 2 aromatic rings. The molecule has 0 bridgehead atoms. The molecule has 0 saturated carbocycles. The third kappa shape index (κ3) is 3.50. The maximum Gasteiger partial charge on any atom is 0.356 e. The van der Waals surface area contributed by atoms with Gasteiger partial charge in [-0.1, -0.05) is 6.07 Å². The topological polar surface area (TPSA) is 90.1 Å². The Morgan fingerprint density at radius 1 is 1.33 bits per heavy atom. The van der Waals surface area contributed by atoms with Crippen molar-refractivity contribution in [3.8, 4) is 0 Å². The number of aromatic nitrogens is 2. The molecule has 0 unspecified atom stereocenters. The Bertz CT molecular complexity index is 687. The fourth-order valence-corrected chi connectivity index (χ4v) is 3.72. The van der Waals surface area contributed by atoms with Crippen LogP contribution in [0.4, 0.5) is 0 Å². The van der Waals surface area contributed by atoms with Crippen molar-refractivity contribution in [1.29, 1.82) is 0 Å². The van der Waals surface area contributed by atoms with Crippen LogP contribution in [0.5, 0.6) is 0 Å². The molecule has 2 rings (SSSR count). The average molecular weight is 312 g/mol. The SMILES string of the molecule is CCOP(=O)(Cc1cccc2nc(C(=O)O)cn12)OCC. The van der Waals surface area contributed by atoms with Crippen LogP contribution in [-0.2, 0) is 19.8 Å². The normalized spacial score (nSPS) is 11.9. The molecule has 0 aliphatic carbocycles. The fourth-order valence-electron chi connectivity index (χ4n) is 2.02. The summed E-state index contributed by atoms with van der Waals surface area (Å²) >= 11 is 0. The molecule has 21 heavy (non-hydrogen) atoms. The van der Waals surface area contributed by atoms with Crippen molar-refractivity contribution in [2.45, 2.75) is 20.0 Å². The van der Waals surface area contributed by atoms with Crippen LogP contribution in [0.2, 0.25) is 0 Å². The van der Waals surface area contributed by atoms with Crippen LogP contribution in [0.3, 0.4) is 0 Å². The number of carbonyl (C=O) groups is 1. The second-order valence-electron chi connectivity index (χ2n) is 4.28. The first-order chi connectivity index (χ1) is 9.99. The monoisotopic (exact) mass is 312 g/mol.